The van der Waals surface area contributed by atoms with E-state index in [1.807, 2.05) is 0 Å². The van der Waals surface area contributed by atoms with Gasteiger partial charge < -0.3 is 19.9 Å². The summed E-state index contributed by atoms with van der Waals surface area (Å²) in [5.41, 5.74) is 4.56. The molecular formula is C5H9NO5. The average Bonchev–Trinajstić information content (AvgIpc) is 1.87. The number of hydrogen-bond donors (Lipinski definition) is 1. The molecule has 0 saturated heterocycles. The second-order valence-electron chi connectivity index (χ2n) is 1.41. The Hall–Kier alpha value is -1.46. The number of ether oxygens (including phenoxy) is 3. The molecule has 0 heterocycles. The number of carbonyl (C=O) groups excluding carboxylic acids is 2. The maximum absolute atomic E-state index is 10.3. The van der Waals surface area contributed by atoms with Crippen LogP contribution in [0.25, 0.3) is 0 Å². The third-order valence-corrected chi connectivity index (χ3v) is 0.640. The minimum absolute atomic E-state index is 0.204. The summed E-state index contributed by atoms with van der Waals surface area (Å²) in [6.45, 7) is 1.31. The van der Waals surface area contributed by atoms with E-state index in [1.54, 1.807) is 6.92 Å². The predicted molar refractivity (Wildman–Crippen MR) is 33.6 cm³/mol. The highest BCUT2D eigenvalue weighted by Crippen LogP contribution is 1.85. The monoisotopic (exact) mass is 163 g/mol. The van der Waals surface area contributed by atoms with Gasteiger partial charge in [-0.25, -0.2) is 9.59 Å². The number of carbonyl (C=O) groups is 2. The van der Waals surface area contributed by atoms with Gasteiger partial charge in [-0.3, -0.25) is 0 Å². The van der Waals surface area contributed by atoms with E-state index in [2.05, 4.69) is 19.9 Å². The van der Waals surface area contributed by atoms with Crippen LogP contribution < -0.4 is 5.73 Å². The first-order valence-electron chi connectivity index (χ1n) is 2.88. The number of amides is 1. The van der Waals surface area contributed by atoms with Crippen molar-refractivity contribution in [2.24, 2.45) is 5.73 Å². The van der Waals surface area contributed by atoms with Gasteiger partial charge in [0.1, 0.15) is 0 Å². The molecule has 0 atom stereocenters. The summed E-state index contributed by atoms with van der Waals surface area (Å²) in [6, 6.07) is 0. The quantitative estimate of drug-likeness (QED) is 0.474. The van der Waals surface area contributed by atoms with Crippen molar-refractivity contribution in [1.29, 1.82) is 0 Å². The zero-order valence-corrected chi connectivity index (χ0v) is 6.03. The van der Waals surface area contributed by atoms with Crippen LogP contribution in [-0.4, -0.2) is 25.6 Å². The van der Waals surface area contributed by atoms with Crippen LogP contribution in [0.2, 0.25) is 0 Å². The van der Waals surface area contributed by atoms with Gasteiger partial charge in [-0.1, -0.05) is 0 Å². The molecule has 0 aromatic carbocycles. The van der Waals surface area contributed by atoms with E-state index >= 15 is 0 Å². The summed E-state index contributed by atoms with van der Waals surface area (Å²) < 4.78 is 12.6. The van der Waals surface area contributed by atoms with E-state index in [0.717, 1.165) is 0 Å². The summed E-state index contributed by atoms with van der Waals surface area (Å²) >= 11 is 0. The van der Waals surface area contributed by atoms with Crippen molar-refractivity contribution in [3.8, 4) is 0 Å². The molecule has 1 amide bonds. The van der Waals surface area contributed by atoms with Gasteiger partial charge in [0.2, 0.25) is 6.79 Å². The van der Waals surface area contributed by atoms with E-state index in [0.29, 0.717) is 0 Å². The van der Waals surface area contributed by atoms with Gasteiger partial charge in [-0.15, -0.1) is 0 Å². The van der Waals surface area contributed by atoms with Crippen LogP contribution in [-0.2, 0) is 14.2 Å². The maximum atomic E-state index is 10.3. The minimum Gasteiger partial charge on any atom is -0.435 e. The molecule has 0 aliphatic carbocycles. The molecule has 0 fully saturated rings. The first-order chi connectivity index (χ1) is 5.16. The average molecular weight is 163 g/mol. The molecule has 64 valence electrons. The van der Waals surface area contributed by atoms with Gasteiger partial charge in [0.25, 0.3) is 0 Å². The molecule has 6 nitrogen and oxygen atoms in total. The van der Waals surface area contributed by atoms with Crippen LogP contribution in [0.5, 0.6) is 0 Å². The lowest BCUT2D eigenvalue weighted by Crippen LogP contribution is -2.17. The third kappa shape index (κ3) is 6.42. The standard InChI is InChI=1S/C5H9NO5/c1-2-9-5(8)11-3-10-4(6)7/h2-3H2,1H3,(H2,6,7). The molecule has 6 heteroatoms. The minimum atomic E-state index is -1.01. The summed E-state index contributed by atoms with van der Waals surface area (Å²) in [7, 11) is 0. The second-order valence-corrected chi connectivity index (χ2v) is 1.41. The Morgan fingerprint density at radius 1 is 1.27 bits per heavy atom. The normalized spacial score (nSPS) is 8.45. The van der Waals surface area contributed by atoms with E-state index < -0.39 is 19.0 Å². The number of primary amides is 1. The Balaban J connectivity index is 3.24. The van der Waals surface area contributed by atoms with Crippen molar-refractivity contribution < 1.29 is 23.8 Å². The summed E-state index contributed by atoms with van der Waals surface area (Å²) in [5, 5.41) is 0. The number of rotatable bonds is 3. The fourth-order valence-corrected chi connectivity index (χ4v) is 0.295. The Bertz CT molecular complexity index is 146. The molecule has 2 N–H and O–H groups in total. The van der Waals surface area contributed by atoms with Crippen LogP contribution in [0, 0.1) is 0 Å². The van der Waals surface area contributed by atoms with Crippen molar-refractivity contribution >= 4 is 12.2 Å². The van der Waals surface area contributed by atoms with Gasteiger partial charge in [-0.2, -0.15) is 0 Å². The van der Waals surface area contributed by atoms with E-state index in [1.165, 1.54) is 0 Å². The zero-order valence-electron chi connectivity index (χ0n) is 6.03. The van der Waals surface area contributed by atoms with Crippen molar-refractivity contribution in [1.82, 2.24) is 0 Å². The van der Waals surface area contributed by atoms with Crippen molar-refractivity contribution in [3.05, 3.63) is 0 Å². The van der Waals surface area contributed by atoms with Crippen molar-refractivity contribution in [2.75, 3.05) is 13.4 Å². The highest BCUT2D eigenvalue weighted by molar-refractivity contribution is 5.65. The summed E-state index contributed by atoms with van der Waals surface area (Å²) in [4.78, 5) is 20.3. The van der Waals surface area contributed by atoms with Gasteiger partial charge in [0, 0.05) is 0 Å². The molecule has 0 spiro atoms. The molecule has 0 radical (unpaired) electrons. The smallest absolute Gasteiger partial charge is 0.435 e. The van der Waals surface area contributed by atoms with Gasteiger partial charge in [-0.05, 0) is 6.92 Å². The van der Waals surface area contributed by atoms with Crippen LogP contribution in [0.15, 0.2) is 0 Å². The van der Waals surface area contributed by atoms with Gasteiger partial charge in [0.15, 0.2) is 0 Å². The molecule has 11 heavy (non-hydrogen) atoms. The van der Waals surface area contributed by atoms with E-state index in [9.17, 15) is 9.59 Å². The summed E-state index contributed by atoms with van der Waals surface area (Å²) in [5.74, 6) is 0. The summed E-state index contributed by atoms with van der Waals surface area (Å²) in [6.07, 6.45) is -1.90. The van der Waals surface area contributed by atoms with Crippen LogP contribution in [0.4, 0.5) is 9.59 Å². The highest BCUT2D eigenvalue weighted by Gasteiger charge is 2.01. The topological polar surface area (TPSA) is 87.8 Å². The molecule has 0 aliphatic heterocycles. The first-order valence-corrected chi connectivity index (χ1v) is 2.88. The third-order valence-electron chi connectivity index (χ3n) is 0.640. The molecule has 0 aromatic rings. The molecule has 0 saturated carbocycles. The fourth-order valence-electron chi connectivity index (χ4n) is 0.295. The Labute approximate surface area is 63.2 Å². The molecule has 0 bridgehead atoms. The van der Waals surface area contributed by atoms with Crippen LogP contribution >= 0.6 is 0 Å². The highest BCUT2D eigenvalue weighted by atomic mass is 16.8. The Morgan fingerprint density at radius 3 is 2.36 bits per heavy atom. The molecule has 0 rings (SSSR count). The molecule has 0 aliphatic rings. The molecule has 0 unspecified atom stereocenters. The van der Waals surface area contributed by atoms with E-state index in [4.69, 9.17) is 0 Å². The number of nitrogens with two attached hydrogens (primary N) is 1. The lowest BCUT2D eigenvalue weighted by Gasteiger charge is -2.02. The molecular weight excluding hydrogens is 154 g/mol. The molecule has 0 aromatic heterocycles. The van der Waals surface area contributed by atoms with Crippen LogP contribution in [0.1, 0.15) is 6.92 Å². The lowest BCUT2D eigenvalue weighted by atomic mass is 10.9. The maximum Gasteiger partial charge on any atom is 0.511 e. The van der Waals surface area contributed by atoms with Gasteiger partial charge in [0.05, 0.1) is 6.61 Å². The van der Waals surface area contributed by atoms with Crippen molar-refractivity contribution in [2.45, 2.75) is 6.92 Å². The van der Waals surface area contributed by atoms with Gasteiger partial charge >= 0.3 is 12.2 Å². The Kier molecular flexibility index (Phi) is 4.63. The van der Waals surface area contributed by atoms with Crippen molar-refractivity contribution in [3.63, 3.8) is 0 Å². The van der Waals surface area contributed by atoms with E-state index in [-0.39, 0.29) is 6.61 Å². The lowest BCUT2D eigenvalue weighted by molar-refractivity contribution is -0.0106. The zero-order chi connectivity index (χ0) is 8.69. The largest absolute Gasteiger partial charge is 0.511 e. The Morgan fingerprint density at radius 2 is 1.91 bits per heavy atom. The predicted octanol–water partition coefficient (Wildman–Crippen LogP) is 0.212. The second kappa shape index (κ2) is 5.33. The van der Waals surface area contributed by atoms with Crippen LogP contribution in [0.3, 0.4) is 0 Å². The number of hydrogen-bond acceptors (Lipinski definition) is 5. The first kappa shape index (κ1) is 9.54. The fraction of sp³-hybridized carbons (Fsp3) is 0.600. The SMILES string of the molecule is CCOC(=O)OCOC(N)=O.